The Balaban J connectivity index is 1.84. The van der Waals surface area contributed by atoms with Crippen LogP contribution in [-0.4, -0.2) is 33.5 Å². The van der Waals surface area contributed by atoms with Gasteiger partial charge in [-0.05, 0) is 108 Å². The van der Waals surface area contributed by atoms with E-state index in [9.17, 15) is 14.4 Å². The second kappa shape index (κ2) is 14.7. The van der Waals surface area contributed by atoms with E-state index in [2.05, 4.69) is 62.3 Å². The molecule has 6 atom stereocenters. The van der Waals surface area contributed by atoms with Crippen molar-refractivity contribution in [2.45, 2.75) is 140 Å². The minimum Gasteiger partial charge on any atom is -0.427 e. The molecule has 3 saturated carbocycles. The Labute approximate surface area is 303 Å². The Hall–Kier alpha value is -3.72. The van der Waals surface area contributed by atoms with E-state index in [0.717, 1.165) is 38.5 Å². The van der Waals surface area contributed by atoms with Gasteiger partial charge in [0.25, 0.3) is 18.8 Å². The molecule has 3 aliphatic rings. The van der Waals surface area contributed by atoms with Crippen LogP contribution >= 0.6 is 0 Å². The number of rotatable bonds is 12. The Kier molecular flexibility index (Phi) is 11.6. The van der Waals surface area contributed by atoms with Gasteiger partial charge in [-0.3, -0.25) is 0 Å². The van der Waals surface area contributed by atoms with E-state index in [1.807, 2.05) is 0 Å². The van der Waals surface area contributed by atoms with Gasteiger partial charge in [-0.25, -0.2) is 28.1 Å². The Morgan fingerprint density at radius 3 is 0.941 bits per heavy atom. The molecule has 12 heteroatoms. The summed E-state index contributed by atoms with van der Waals surface area (Å²) >= 11 is 0. The fraction of sp³-hybridized carbons (Fsp3) is 0.846. The lowest BCUT2D eigenvalue weighted by atomic mass is 9.60. The lowest BCUT2D eigenvalue weighted by molar-refractivity contribution is 0.00540. The van der Waals surface area contributed by atoms with Gasteiger partial charge in [0.1, 0.15) is 19.8 Å². The van der Waals surface area contributed by atoms with Crippen LogP contribution in [0.2, 0.25) is 0 Å². The smallest absolute Gasteiger partial charge is 0.336 e. The summed E-state index contributed by atoms with van der Waals surface area (Å²) in [6.07, 6.45) is 12.2. The average Bonchev–Trinajstić information content (AvgIpc) is 2.97. The van der Waals surface area contributed by atoms with Gasteiger partial charge < -0.3 is 14.2 Å². The van der Waals surface area contributed by atoms with Gasteiger partial charge in [0, 0.05) is 19.6 Å². The van der Waals surface area contributed by atoms with Crippen LogP contribution in [0.5, 0.6) is 0 Å². The Morgan fingerprint density at radius 2 is 0.725 bits per heavy atom. The highest BCUT2D eigenvalue weighted by Gasteiger charge is 2.46. The van der Waals surface area contributed by atoms with Crippen molar-refractivity contribution in [3.63, 3.8) is 0 Å². The monoisotopic (exact) mass is 708 g/mol. The van der Waals surface area contributed by atoms with E-state index < -0.39 is 33.3 Å². The number of hydrogen-bond donors (Lipinski definition) is 0. The number of nitriles is 3. The molecule has 282 valence electrons. The Morgan fingerprint density at radius 1 is 0.490 bits per heavy atom. The molecule has 1 aromatic rings. The first-order chi connectivity index (χ1) is 23.6. The molecule has 6 unspecified atom stereocenters. The van der Waals surface area contributed by atoms with Crippen molar-refractivity contribution in [3.05, 3.63) is 31.5 Å². The van der Waals surface area contributed by atoms with E-state index in [-0.39, 0.29) is 73.5 Å². The first kappa shape index (κ1) is 40.1. The fourth-order valence-corrected chi connectivity index (χ4v) is 12.0. The summed E-state index contributed by atoms with van der Waals surface area (Å²) in [6.45, 7) is 20.5. The minimum absolute atomic E-state index is 0.0779. The quantitative estimate of drug-likeness (QED) is 0.231. The third kappa shape index (κ3) is 10.00. The van der Waals surface area contributed by atoms with Crippen molar-refractivity contribution in [1.82, 2.24) is 13.7 Å². The maximum atomic E-state index is 14.6. The summed E-state index contributed by atoms with van der Waals surface area (Å²) in [5.74, 6) is 0.234. The summed E-state index contributed by atoms with van der Waals surface area (Å²) in [6, 6.07) is 0. The third-order valence-corrected chi connectivity index (χ3v) is 11.7. The van der Waals surface area contributed by atoms with Crippen LogP contribution in [0.1, 0.15) is 120 Å². The fourth-order valence-electron chi connectivity index (χ4n) is 12.0. The molecular weight excluding hydrogens is 648 g/mol. The van der Waals surface area contributed by atoms with Crippen molar-refractivity contribution in [1.29, 1.82) is 15.8 Å². The topological polar surface area (TPSA) is 165 Å². The lowest BCUT2D eigenvalue weighted by Crippen LogP contribution is -2.59. The van der Waals surface area contributed by atoms with Crippen molar-refractivity contribution in [3.8, 4) is 18.8 Å². The average molecular weight is 709 g/mol. The molecule has 51 heavy (non-hydrogen) atoms. The van der Waals surface area contributed by atoms with Crippen molar-refractivity contribution >= 4 is 0 Å². The highest BCUT2D eigenvalue weighted by atomic mass is 16.5. The van der Waals surface area contributed by atoms with Gasteiger partial charge in [-0.2, -0.15) is 15.8 Å². The SMILES string of the molecule is CC1(C)CC(COC#N)CC(C)(Cn2c(=O)n(CC3(C)CC(COC#N)CC(C)(C)C3)c(=O)n(CC3(C)CC(COC#N)CC(C)(C)C3)c2=O)C1. The predicted molar refractivity (Wildman–Crippen MR) is 192 cm³/mol. The normalized spacial score (nSPS) is 32.5. The number of ether oxygens (including phenoxy) is 3. The molecule has 1 heterocycles. The first-order valence-corrected chi connectivity index (χ1v) is 18.5. The minimum atomic E-state index is -0.598. The number of nitrogens with zero attached hydrogens (tertiary/aromatic N) is 6. The van der Waals surface area contributed by atoms with Crippen LogP contribution in [0.4, 0.5) is 0 Å². The van der Waals surface area contributed by atoms with Gasteiger partial charge in [-0.1, -0.05) is 62.3 Å². The van der Waals surface area contributed by atoms with Gasteiger partial charge >= 0.3 is 17.1 Å². The van der Waals surface area contributed by atoms with E-state index in [1.165, 1.54) is 13.7 Å². The molecule has 0 amide bonds. The molecule has 4 rings (SSSR count). The first-order valence-electron chi connectivity index (χ1n) is 18.5. The standard InChI is InChI=1S/C39H60N6O6/c1-34(2)10-28(16-49-25-40)13-37(7,19-34)22-43-31(46)44(23-38(8)14-29(17-50-26-41)11-35(3,4)20-38)33(48)45(32(43)47)24-39(9)15-30(18-51-27-42)12-36(5,6)21-39/h28-30H,10-24H2,1-9H3. The third-order valence-electron chi connectivity index (χ3n) is 11.7. The molecule has 0 aliphatic heterocycles. The molecule has 3 aliphatic carbocycles. The van der Waals surface area contributed by atoms with Crippen LogP contribution in [0, 0.1) is 84.8 Å². The van der Waals surface area contributed by atoms with Crippen LogP contribution in [0.25, 0.3) is 0 Å². The lowest BCUT2D eigenvalue weighted by Gasteiger charge is -2.47. The maximum absolute atomic E-state index is 14.6. The van der Waals surface area contributed by atoms with Crippen LogP contribution in [0.3, 0.4) is 0 Å². The van der Waals surface area contributed by atoms with Crippen LogP contribution < -0.4 is 17.1 Å². The van der Waals surface area contributed by atoms with Crippen molar-refractivity contribution < 1.29 is 14.2 Å². The van der Waals surface area contributed by atoms with Gasteiger partial charge in [-0.15, -0.1) is 0 Å². The largest absolute Gasteiger partial charge is 0.427 e. The summed E-state index contributed by atoms with van der Waals surface area (Å²) in [4.78, 5) is 43.8. The second-order valence-electron chi connectivity index (χ2n) is 20.1. The second-order valence-corrected chi connectivity index (χ2v) is 20.1. The molecule has 0 N–H and O–H groups in total. The molecule has 0 spiro atoms. The summed E-state index contributed by atoms with van der Waals surface area (Å²) in [7, 11) is 0. The molecule has 3 fully saturated rings. The summed E-state index contributed by atoms with van der Waals surface area (Å²) < 4.78 is 19.4. The van der Waals surface area contributed by atoms with E-state index in [4.69, 9.17) is 30.0 Å². The van der Waals surface area contributed by atoms with Crippen molar-refractivity contribution in [2.24, 2.45) is 50.2 Å². The van der Waals surface area contributed by atoms with Crippen molar-refractivity contribution in [2.75, 3.05) is 19.8 Å². The predicted octanol–water partition coefficient (Wildman–Crippen LogP) is 6.16. The number of hydrogen-bond acceptors (Lipinski definition) is 9. The van der Waals surface area contributed by atoms with E-state index in [1.54, 1.807) is 18.8 Å². The van der Waals surface area contributed by atoms with Gasteiger partial charge in [0.2, 0.25) is 0 Å². The molecule has 0 aromatic carbocycles. The van der Waals surface area contributed by atoms with Crippen LogP contribution in [0.15, 0.2) is 14.4 Å². The Bertz CT molecular complexity index is 1510. The zero-order valence-electron chi connectivity index (χ0n) is 32.5. The maximum Gasteiger partial charge on any atom is 0.336 e. The zero-order chi connectivity index (χ0) is 38.0. The van der Waals surface area contributed by atoms with Gasteiger partial charge in [0.05, 0.1) is 0 Å². The van der Waals surface area contributed by atoms with E-state index >= 15 is 0 Å². The molecule has 0 saturated heterocycles. The highest BCUT2D eigenvalue weighted by Crippen LogP contribution is 2.51. The summed E-state index contributed by atoms with van der Waals surface area (Å²) in [5, 5.41) is 27.3. The molecule has 0 radical (unpaired) electrons. The van der Waals surface area contributed by atoms with Gasteiger partial charge in [0.15, 0.2) is 0 Å². The zero-order valence-corrected chi connectivity index (χ0v) is 32.5. The number of aromatic nitrogens is 3. The highest BCUT2D eigenvalue weighted by molar-refractivity contribution is 4.98. The molecule has 12 nitrogen and oxygen atoms in total. The van der Waals surface area contributed by atoms with Crippen LogP contribution in [-0.2, 0) is 33.8 Å². The molecule has 1 aromatic heterocycles. The van der Waals surface area contributed by atoms with E-state index in [0.29, 0.717) is 19.3 Å². The molecule has 0 bridgehead atoms. The molecular formula is C39H60N6O6. The summed E-state index contributed by atoms with van der Waals surface area (Å²) in [5.41, 5.74) is -3.55.